The molecular formula is C15H19N3O4. The Kier molecular flexibility index (Phi) is 4.35. The van der Waals surface area contributed by atoms with Crippen LogP contribution in [-0.2, 0) is 4.79 Å². The van der Waals surface area contributed by atoms with Gasteiger partial charge in [-0.3, -0.25) is 14.2 Å². The number of carbonyl (C=O) groups is 2. The molecule has 0 fully saturated rings. The minimum Gasteiger partial charge on any atom is -0.481 e. The molecule has 0 bridgehead atoms. The number of carboxylic acids is 1. The van der Waals surface area contributed by atoms with Gasteiger partial charge in [-0.25, -0.2) is 0 Å². The molecule has 2 rings (SSSR count). The quantitative estimate of drug-likeness (QED) is 0.880. The average Bonchev–Trinajstić information content (AvgIpc) is 2.92. The summed E-state index contributed by atoms with van der Waals surface area (Å²) in [5.41, 5.74) is 2.07. The molecule has 0 aliphatic rings. The third-order valence-electron chi connectivity index (χ3n) is 3.38. The van der Waals surface area contributed by atoms with E-state index in [1.165, 1.54) is 0 Å². The van der Waals surface area contributed by atoms with E-state index in [9.17, 15) is 9.59 Å². The van der Waals surface area contributed by atoms with Crippen molar-refractivity contribution in [1.29, 1.82) is 0 Å². The Morgan fingerprint density at radius 3 is 2.59 bits per heavy atom. The van der Waals surface area contributed by atoms with Crippen LogP contribution in [0.3, 0.4) is 0 Å². The van der Waals surface area contributed by atoms with Crippen LogP contribution in [0, 0.1) is 20.8 Å². The number of aromatic nitrogens is 2. The van der Waals surface area contributed by atoms with Crippen LogP contribution in [-0.4, -0.2) is 32.7 Å². The smallest absolute Gasteiger partial charge is 0.305 e. The summed E-state index contributed by atoms with van der Waals surface area (Å²) in [5, 5.41) is 15.4. The highest BCUT2D eigenvalue weighted by atomic mass is 16.5. The first-order valence-electron chi connectivity index (χ1n) is 6.95. The fourth-order valence-electron chi connectivity index (χ4n) is 2.42. The number of hydrogen-bond acceptors (Lipinski definition) is 4. The van der Waals surface area contributed by atoms with Gasteiger partial charge in [-0.15, -0.1) is 0 Å². The van der Waals surface area contributed by atoms with Gasteiger partial charge in [0.2, 0.25) is 0 Å². The maximum atomic E-state index is 12.3. The lowest BCUT2D eigenvalue weighted by atomic mass is 10.2. The highest BCUT2D eigenvalue weighted by molar-refractivity contribution is 5.96. The highest BCUT2D eigenvalue weighted by Crippen LogP contribution is 2.20. The molecule has 0 aliphatic heterocycles. The fraction of sp³-hybridized carbons (Fsp3) is 0.400. The molecule has 0 aromatic carbocycles. The number of amides is 1. The molecule has 2 heterocycles. The van der Waals surface area contributed by atoms with Crippen LogP contribution < -0.4 is 5.32 Å². The van der Waals surface area contributed by atoms with E-state index < -0.39 is 12.0 Å². The van der Waals surface area contributed by atoms with Crippen molar-refractivity contribution >= 4 is 11.9 Å². The fourth-order valence-corrected chi connectivity index (χ4v) is 2.42. The van der Waals surface area contributed by atoms with Crippen molar-refractivity contribution in [2.24, 2.45) is 0 Å². The van der Waals surface area contributed by atoms with E-state index in [0.717, 1.165) is 11.4 Å². The number of carboxylic acid groups (broad SMARTS) is 1. The summed E-state index contributed by atoms with van der Waals surface area (Å²) in [6.45, 7) is 7.14. The third-order valence-corrected chi connectivity index (χ3v) is 3.38. The summed E-state index contributed by atoms with van der Waals surface area (Å²) in [6.07, 6.45) is -0.118. The Morgan fingerprint density at radius 1 is 1.36 bits per heavy atom. The SMILES string of the molecule is Cc1cc(-n2c(C)cc(C(=O)NC(C)CC(=O)O)c2C)no1. The zero-order valence-corrected chi connectivity index (χ0v) is 13.0. The molecule has 0 aliphatic carbocycles. The minimum atomic E-state index is -0.948. The topological polar surface area (TPSA) is 97.4 Å². The van der Waals surface area contributed by atoms with Gasteiger partial charge >= 0.3 is 5.97 Å². The molecule has 7 heteroatoms. The second-order valence-electron chi connectivity index (χ2n) is 5.39. The molecule has 2 aromatic heterocycles. The average molecular weight is 305 g/mol. The Hall–Kier alpha value is -2.57. The van der Waals surface area contributed by atoms with Crippen LogP contribution in [0.4, 0.5) is 0 Å². The largest absolute Gasteiger partial charge is 0.481 e. The summed E-state index contributed by atoms with van der Waals surface area (Å²) < 4.78 is 6.90. The monoisotopic (exact) mass is 305 g/mol. The van der Waals surface area contributed by atoms with Crippen molar-refractivity contribution in [3.8, 4) is 5.82 Å². The predicted molar refractivity (Wildman–Crippen MR) is 79.2 cm³/mol. The Bertz CT molecular complexity index is 714. The second kappa shape index (κ2) is 6.05. The summed E-state index contributed by atoms with van der Waals surface area (Å²) in [4.78, 5) is 23.0. The Balaban J connectivity index is 2.26. The molecule has 0 radical (unpaired) electrons. The molecule has 1 atom stereocenters. The van der Waals surface area contributed by atoms with Gasteiger partial charge in [0.15, 0.2) is 5.82 Å². The van der Waals surface area contributed by atoms with E-state index in [0.29, 0.717) is 17.1 Å². The molecule has 7 nitrogen and oxygen atoms in total. The first-order chi connectivity index (χ1) is 10.3. The van der Waals surface area contributed by atoms with Crippen molar-refractivity contribution in [2.45, 2.75) is 40.2 Å². The predicted octanol–water partition coefficient (Wildman–Crippen LogP) is 1.98. The lowest BCUT2D eigenvalue weighted by Crippen LogP contribution is -2.34. The zero-order chi connectivity index (χ0) is 16.4. The number of aryl methyl sites for hydroxylation is 2. The number of hydrogen-bond donors (Lipinski definition) is 2. The molecule has 0 saturated heterocycles. The van der Waals surface area contributed by atoms with Crippen LogP contribution >= 0.6 is 0 Å². The molecule has 118 valence electrons. The van der Waals surface area contributed by atoms with Crippen LogP contribution in [0.5, 0.6) is 0 Å². The number of nitrogens with zero attached hydrogens (tertiary/aromatic N) is 2. The van der Waals surface area contributed by atoms with Crippen molar-refractivity contribution < 1.29 is 19.2 Å². The molecule has 2 N–H and O–H groups in total. The molecule has 1 unspecified atom stereocenters. The van der Waals surface area contributed by atoms with Gasteiger partial charge in [-0.1, -0.05) is 5.16 Å². The first-order valence-corrected chi connectivity index (χ1v) is 6.95. The molecule has 0 saturated carbocycles. The maximum Gasteiger partial charge on any atom is 0.305 e. The standard InChI is InChI=1S/C15H19N3O4/c1-8(5-14(19)20)16-15(21)12-6-9(2)18(11(12)4)13-7-10(3)22-17-13/h6-8H,5H2,1-4H3,(H,16,21)(H,19,20). The highest BCUT2D eigenvalue weighted by Gasteiger charge is 2.20. The summed E-state index contributed by atoms with van der Waals surface area (Å²) in [7, 11) is 0. The molecule has 2 aromatic rings. The van der Waals surface area contributed by atoms with E-state index in [2.05, 4.69) is 10.5 Å². The van der Waals surface area contributed by atoms with E-state index in [1.54, 1.807) is 26.0 Å². The number of rotatable bonds is 5. The lowest BCUT2D eigenvalue weighted by molar-refractivity contribution is -0.137. The second-order valence-corrected chi connectivity index (χ2v) is 5.39. The third kappa shape index (κ3) is 3.19. The molecule has 1 amide bonds. The van der Waals surface area contributed by atoms with Gasteiger partial charge in [0, 0.05) is 23.5 Å². The van der Waals surface area contributed by atoms with Crippen LogP contribution in [0.25, 0.3) is 5.82 Å². The van der Waals surface area contributed by atoms with E-state index in [1.807, 2.05) is 18.4 Å². The van der Waals surface area contributed by atoms with Gasteiger partial charge in [-0.2, -0.15) is 0 Å². The van der Waals surface area contributed by atoms with Crippen LogP contribution in [0.15, 0.2) is 16.7 Å². The number of carbonyl (C=O) groups excluding carboxylic acids is 1. The van der Waals surface area contributed by atoms with Crippen molar-refractivity contribution in [1.82, 2.24) is 15.0 Å². The number of nitrogens with one attached hydrogen (secondary N) is 1. The van der Waals surface area contributed by atoms with Crippen LogP contribution in [0.2, 0.25) is 0 Å². The summed E-state index contributed by atoms with van der Waals surface area (Å²) in [6, 6.07) is 3.10. The minimum absolute atomic E-state index is 0.118. The van der Waals surface area contributed by atoms with Crippen molar-refractivity contribution in [3.63, 3.8) is 0 Å². The first kappa shape index (κ1) is 15.8. The normalized spacial score (nSPS) is 12.2. The van der Waals surface area contributed by atoms with Gasteiger partial charge in [0.1, 0.15) is 5.76 Å². The Labute approximate surface area is 127 Å². The summed E-state index contributed by atoms with van der Waals surface area (Å²) >= 11 is 0. The van der Waals surface area contributed by atoms with Crippen molar-refractivity contribution in [2.75, 3.05) is 0 Å². The van der Waals surface area contributed by atoms with E-state index in [-0.39, 0.29) is 12.3 Å². The molecule has 22 heavy (non-hydrogen) atoms. The van der Waals surface area contributed by atoms with E-state index in [4.69, 9.17) is 9.63 Å². The Morgan fingerprint density at radius 2 is 2.05 bits per heavy atom. The maximum absolute atomic E-state index is 12.3. The molecule has 0 spiro atoms. The van der Waals surface area contributed by atoms with Gasteiger partial charge in [0.05, 0.1) is 12.0 Å². The van der Waals surface area contributed by atoms with Gasteiger partial charge in [-0.05, 0) is 33.8 Å². The zero-order valence-electron chi connectivity index (χ0n) is 13.0. The summed E-state index contributed by atoms with van der Waals surface area (Å²) in [5.74, 6) is 0.0541. The van der Waals surface area contributed by atoms with Gasteiger partial charge in [0.25, 0.3) is 5.91 Å². The lowest BCUT2D eigenvalue weighted by Gasteiger charge is -2.11. The van der Waals surface area contributed by atoms with Crippen molar-refractivity contribution in [3.05, 3.63) is 34.8 Å². The molecular weight excluding hydrogens is 286 g/mol. The van der Waals surface area contributed by atoms with Crippen LogP contribution in [0.1, 0.15) is 40.9 Å². The number of aliphatic carboxylic acids is 1. The van der Waals surface area contributed by atoms with Gasteiger partial charge < -0.3 is 14.9 Å². The van der Waals surface area contributed by atoms with E-state index >= 15 is 0 Å².